The van der Waals surface area contributed by atoms with E-state index < -0.39 is 0 Å². The van der Waals surface area contributed by atoms with Crippen molar-refractivity contribution in [2.75, 3.05) is 17.2 Å². The smallest absolute Gasteiger partial charge is 0.315 e. The molecule has 3 unspecified atom stereocenters. The van der Waals surface area contributed by atoms with Crippen LogP contribution in [0.1, 0.15) is 32.6 Å². The van der Waals surface area contributed by atoms with E-state index in [1.807, 2.05) is 19.1 Å². The molecule has 3 atom stereocenters. The molecule has 2 fully saturated rings. The molecule has 0 saturated heterocycles. The second-order valence-electron chi connectivity index (χ2n) is 5.91. The number of anilines is 2. The zero-order chi connectivity index (χ0) is 14.1. The van der Waals surface area contributed by atoms with Gasteiger partial charge in [0.05, 0.1) is 4.92 Å². The summed E-state index contributed by atoms with van der Waals surface area (Å²) in [6.07, 6.45) is 5.05. The maximum absolute atomic E-state index is 11.4. The van der Waals surface area contributed by atoms with Crippen molar-refractivity contribution in [2.24, 2.45) is 11.8 Å². The standard InChI is InChI=1S/C15H21N3O2/c1-2-16-12-4-3-5-13(15(12)18(19)20)17-14-9-10-6-7-11(14)8-10/h3-5,10-11,14,16-17H,2,6-9H2,1H3. The van der Waals surface area contributed by atoms with Crippen LogP contribution in [-0.2, 0) is 0 Å². The Morgan fingerprint density at radius 2 is 2.10 bits per heavy atom. The lowest BCUT2D eigenvalue weighted by Crippen LogP contribution is -2.26. The first-order valence-electron chi connectivity index (χ1n) is 7.46. The Hall–Kier alpha value is -1.78. The third kappa shape index (κ3) is 2.32. The molecule has 2 N–H and O–H groups in total. The fourth-order valence-corrected chi connectivity index (χ4v) is 3.81. The van der Waals surface area contributed by atoms with Crippen molar-refractivity contribution < 1.29 is 4.92 Å². The van der Waals surface area contributed by atoms with E-state index in [2.05, 4.69) is 10.6 Å². The van der Waals surface area contributed by atoms with Crippen LogP contribution in [0.25, 0.3) is 0 Å². The first-order chi connectivity index (χ1) is 9.69. The van der Waals surface area contributed by atoms with Gasteiger partial charge < -0.3 is 10.6 Å². The summed E-state index contributed by atoms with van der Waals surface area (Å²) < 4.78 is 0. The van der Waals surface area contributed by atoms with Gasteiger partial charge in [0.2, 0.25) is 0 Å². The van der Waals surface area contributed by atoms with Crippen molar-refractivity contribution in [1.29, 1.82) is 0 Å². The number of fused-ring (bicyclic) bond motifs is 2. The minimum atomic E-state index is -0.284. The predicted molar refractivity (Wildman–Crippen MR) is 80.1 cm³/mol. The van der Waals surface area contributed by atoms with E-state index in [1.165, 1.54) is 19.3 Å². The Morgan fingerprint density at radius 3 is 2.70 bits per heavy atom. The first kappa shape index (κ1) is 13.2. The topological polar surface area (TPSA) is 67.2 Å². The summed E-state index contributed by atoms with van der Waals surface area (Å²) in [7, 11) is 0. The van der Waals surface area contributed by atoms with E-state index in [1.54, 1.807) is 6.07 Å². The van der Waals surface area contributed by atoms with Crippen LogP contribution in [0.4, 0.5) is 17.1 Å². The lowest BCUT2D eigenvalue weighted by molar-refractivity contribution is -0.383. The Balaban J connectivity index is 1.85. The summed E-state index contributed by atoms with van der Waals surface area (Å²) in [5, 5.41) is 17.9. The Labute approximate surface area is 118 Å². The molecule has 1 aromatic rings. The van der Waals surface area contributed by atoms with Crippen LogP contribution in [0.5, 0.6) is 0 Å². The second kappa shape index (κ2) is 5.31. The van der Waals surface area contributed by atoms with E-state index in [0.29, 0.717) is 29.9 Å². The zero-order valence-electron chi connectivity index (χ0n) is 11.8. The molecule has 0 aliphatic heterocycles. The normalized spacial score (nSPS) is 27.6. The first-order valence-corrected chi connectivity index (χ1v) is 7.46. The van der Waals surface area contributed by atoms with Crippen LogP contribution in [0.3, 0.4) is 0 Å². The van der Waals surface area contributed by atoms with Gasteiger partial charge in [-0.15, -0.1) is 0 Å². The molecule has 5 nitrogen and oxygen atoms in total. The van der Waals surface area contributed by atoms with Gasteiger partial charge in [0.1, 0.15) is 11.4 Å². The minimum Gasteiger partial charge on any atom is -0.380 e. The highest BCUT2D eigenvalue weighted by molar-refractivity contribution is 5.76. The van der Waals surface area contributed by atoms with E-state index in [-0.39, 0.29) is 10.6 Å². The average molecular weight is 275 g/mol. The number of nitro groups is 1. The summed E-state index contributed by atoms with van der Waals surface area (Å²) in [5.74, 6) is 1.52. The molecule has 0 aromatic heterocycles. The molecule has 2 saturated carbocycles. The summed E-state index contributed by atoms with van der Waals surface area (Å²) in [6, 6.07) is 5.88. The molecular formula is C15H21N3O2. The highest BCUT2D eigenvalue weighted by atomic mass is 16.6. The Kier molecular flexibility index (Phi) is 3.51. The van der Waals surface area contributed by atoms with E-state index in [4.69, 9.17) is 0 Å². The third-order valence-corrected chi connectivity index (χ3v) is 4.66. The van der Waals surface area contributed by atoms with Gasteiger partial charge in [0.25, 0.3) is 0 Å². The Morgan fingerprint density at radius 1 is 1.30 bits per heavy atom. The molecule has 2 aliphatic rings. The number of nitrogens with one attached hydrogen (secondary N) is 2. The number of hydrogen-bond donors (Lipinski definition) is 2. The van der Waals surface area contributed by atoms with Gasteiger partial charge in [-0.05, 0) is 50.2 Å². The molecule has 0 spiro atoms. The van der Waals surface area contributed by atoms with E-state index in [0.717, 1.165) is 12.3 Å². The minimum absolute atomic E-state index is 0.178. The van der Waals surface area contributed by atoms with Crippen LogP contribution >= 0.6 is 0 Å². The predicted octanol–water partition coefficient (Wildman–Crippen LogP) is 3.63. The van der Waals surface area contributed by atoms with Gasteiger partial charge in [-0.2, -0.15) is 0 Å². The van der Waals surface area contributed by atoms with E-state index in [9.17, 15) is 10.1 Å². The van der Waals surface area contributed by atoms with Gasteiger partial charge in [-0.3, -0.25) is 10.1 Å². The van der Waals surface area contributed by atoms with Crippen LogP contribution < -0.4 is 10.6 Å². The molecule has 5 heteroatoms. The van der Waals surface area contributed by atoms with Gasteiger partial charge in [-0.25, -0.2) is 0 Å². The maximum Gasteiger partial charge on any atom is 0.315 e. The molecule has 2 bridgehead atoms. The van der Waals surface area contributed by atoms with Gasteiger partial charge in [0.15, 0.2) is 0 Å². The number of benzene rings is 1. The zero-order valence-corrected chi connectivity index (χ0v) is 11.8. The fourth-order valence-electron chi connectivity index (χ4n) is 3.81. The van der Waals surface area contributed by atoms with Crippen molar-refractivity contribution in [2.45, 2.75) is 38.6 Å². The SMILES string of the molecule is CCNc1cccc(NC2CC3CCC2C3)c1[N+](=O)[O-]. The third-order valence-electron chi connectivity index (χ3n) is 4.66. The number of para-hydroxylation sites is 1. The van der Waals surface area contributed by atoms with Crippen LogP contribution in [0, 0.1) is 22.0 Å². The summed E-state index contributed by atoms with van der Waals surface area (Å²) >= 11 is 0. The Bertz CT molecular complexity index is 518. The molecule has 108 valence electrons. The van der Waals surface area contributed by atoms with Gasteiger partial charge >= 0.3 is 5.69 Å². The molecular weight excluding hydrogens is 254 g/mol. The van der Waals surface area contributed by atoms with Gasteiger partial charge in [0, 0.05) is 12.6 Å². The van der Waals surface area contributed by atoms with Crippen molar-refractivity contribution in [1.82, 2.24) is 0 Å². The molecule has 3 rings (SSSR count). The van der Waals surface area contributed by atoms with Crippen molar-refractivity contribution in [3.8, 4) is 0 Å². The lowest BCUT2D eigenvalue weighted by atomic mass is 9.95. The highest BCUT2D eigenvalue weighted by Crippen LogP contribution is 2.46. The molecule has 0 amide bonds. The van der Waals surface area contributed by atoms with Gasteiger partial charge in [-0.1, -0.05) is 12.5 Å². The van der Waals surface area contributed by atoms with Crippen molar-refractivity contribution in [3.63, 3.8) is 0 Å². The number of nitrogens with zero attached hydrogens (tertiary/aromatic N) is 1. The average Bonchev–Trinajstić information content (AvgIpc) is 3.01. The quantitative estimate of drug-likeness (QED) is 0.636. The second-order valence-corrected chi connectivity index (χ2v) is 5.91. The van der Waals surface area contributed by atoms with Crippen LogP contribution in [0.15, 0.2) is 18.2 Å². The molecule has 2 aliphatic carbocycles. The largest absolute Gasteiger partial charge is 0.380 e. The van der Waals surface area contributed by atoms with Crippen LogP contribution in [0.2, 0.25) is 0 Å². The monoisotopic (exact) mass is 275 g/mol. The number of nitro benzene ring substituents is 1. The van der Waals surface area contributed by atoms with Crippen molar-refractivity contribution >= 4 is 17.1 Å². The summed E-state index contributed by atoms with van der Waals surface area (Å²) in [6.45, 7) is 2.62. The highest BCUT2D eigenvalue weighted by Gasteiger charge is 2.40. The molecule has 0 radical (unpaired) electrons. The van der Waals surface area contributed by atoms with E-state index >= 15 is 0 Å². The van der Waals surface area contributed by atoms with Crippen molar-refractivity contribution in [3.05, 3.63) is 28.3 Å². The summed E-state index contributed by atoms with van der Waals surface area (Å²) in [5.41, 5.74) is 1.44. The molecule has 0 heterocycles. The fraction of sp³-hybridized carbons (Fsp3) is 0.600. The molecule has 20 heavy (non-hydrogen) atoms. The lowest BCUT2D eigenvalue weighted by Gasteiger charge is -2.24. The number of hydrogen-bond acceptors (Lipinski definition) is 4. The summed E-state index contributed by atoms with van der Waals surface area (Å²) in [4.78, 5) is 11.1. The maximum atomic E-state index is 11.4. The molecule has 1 aromatic carbocycles. The van der Waals surface area contributed by atoms with Crippen LogP contribution in [-0.4, -0.2) is 17.5 Å². The number of rotatable bonds is 5.